The molecule has 0 aliphatic rings. The smallest absolute Gasteiger partial charge is 0.240 e. The zero-order valence-corrected chi connectivity index (χ0v) is 19.0. The van der Waals surface area contributed by atoms with Gasteiger partial charge in [0.15, 0.2) is 0 Å². The molecule has 0 spiro atoms. The molecule has 0 saturated carbocycles. The lowest BCUT2D eigenvalue weighted by molar-refractivity contribution is -0.135. The Balaban J connectivity index is 2.15. The van der Waals surface area contributed by atoms with Crippen molar-refractivity contribution in [2.45, 2.75) is 63.9 Å². The van der Waals surface area contributed by atoms with Crippen LogP contribution in [0.4, 0.5) is 0 Å². The predicted octanol–water partition coefficient (Wildman–Crippen LogP) is 1.40. The Hall–Kier alpha value is -2.46. The highest BCUT2D eigenvalue weighted by molar-refractivity contribution is 7.89. The van der Waals surface area contributed by atoms with Crippen molar-refractivity contribution in [1.82, 2.24) is 19.8 Å². The number of benzene rings is 1. The molecule has 166 valence electrons. The van der Waals surface area contributed by atoms with E-state index in [1.54, 1.807) is 13.1 Å². The summed E-state index contributed by atoms with van der Waals surface area (Å²) in [4.78, 5) is 30.5. The third-order valence-corrected chi connectivity index (χ3v) is 5.37. The van der Waals surface area contributed by atoms with E-state index in [4.69, 9.17) is 5.14 Å². The number of fused-ring (bicyclic) bond motifs is 1. The summed E-state index contributed by atoms with van der Waals surface area (Å²) >= 11 is 0. The van der Waals surface area contributed by atoms with Gasteiger partial charge in [0.25, 0.3) is 0 Å². The molecule has 0 bridgehead atoms. The number of aryl methyl sites for hydroxylation is 2. The van der Waals surface area contributed by atoms with E-state index in [1.807, 2.05) is 32.3 Å². The van der Waals surface area contributed by atoms with E-state index in [9.17, 15) is 18.0 Å². The van der Waals surface area contributed by atoms with Crippen LogP contribution in [0.3, 0.4) is 0 Å². The number of nitrogens with one attached hydrogen (secondary N) is 1. The van der Waals surface area contributed by atoms with E-state index < -0.39 is 10.0 Å². The molecule has 3 N–H and O–H groups in total. The van der Waals surface area contributed by atoms with Gasteiger partial charge in [0, 0.05) is 32.0 Å². The summed E-state index contributed by atoms with van der Waals surface area (Å²) in [6.45, 7) is 8.35. The van der Waals surface area contributed by atoms with Gasteiger partial charge in [0.2, 0.25) is 21.8 Å². The Kier molecular flexibility index (Phi) is 7.25. The Bertz CT molecular complexity index is 1040. The molecule has 0 aliphatic carbocycles. The fourth-order valence-electron chi connectivity index (χ4n) is 3.17. The summed E-state index contributed by atoms with van der Waals surface area (Å²) in [5.41, 5.74) is 0.960. The van der Waals surface area contributed by atoms with Crippen molar-refractivity contribution in [3.05, 3.63) is 24.0 Å². The van der Waals surface area contributed by atoms with Crippen molar-refractivity contribution < 1.29 is 18.0 Å². The molecule has 2 amide bonds. The third kappa shape index (κ3) is 6.27. The normalized spacial score (nSPS) is 12.2. The zero-order chi connectivity index (χ0) is 22.7. The maximum absolute atomic E-state index is 12.5. The molecule has 0 fully saturated rings. The van der Waals surface area contributed by atoms with E-state index in [1.165, 1.54) is 17.0 Å². The third-order valence-electron chi connectivity index (χ3n) is 4.46. The van der Waals surface area contributed by atoms with Crippen LogP contribution < -0.4 is 10.5 Å². The molecule has 0 saturated heterocycles. The molecule has 0 atom stereocenters. The van der Waals surface area contributed by atoms with Gasteiger partial charge in [-0.15, -0.1) is 0 Å². The van der Waals surface area contributed by atoms with Crippen molar-refractivity contribution in [2.24, 2.45) is 5.14 Å². The van der Waals surface area contributed by atoms with Gasteiger partial charge in [-0.25, -0.2) is 18.5 Å². The van der Waals surface area contributed by atoms with E-state index in [0.717, 1.165) is 11.9 Å². The number of hydrogen-bond acceptors (Lipinski definition) is 5. The first-order chi connectivity index (χ1) is 13.8. The molecule has 2 rings (SSSR count). The fourth-order valence-corrected chi connectivity index (χ4v) is 3.71. The van der Waals surface area contributed by atoms with Crippen LogP contribution in [0.2, 0.25) is 0 Å². The monoisotopic (exact) mass is 437 g/mol. The maximum Gasteiger partial charge on any atom is 0.240 e. The molecule has 2 aromatic rings. The first-order valence-corrected chi connectivity index (χ1v) is 11.4. The highest BCUT2D eigenvalue weighted by atomic mass is 32.2. The highest BCUT2D eigenvalue weighted by Crippen LogP contribution is 2.21. The van der Waals surface area contributed by atoms with E-state index >= 15 is 0 Å². The maximum atomic E-state index is 12.5. The van der Waals surface area contributed by atoms with Crippen LogP contribution in [0.25, 0.3) is 11.0 Å². The Morgan fingerprint density at radius 1 is 1.27 bits per heavy atom. The number of likely N-dealkylation sites (N-methyl/N-ethyl adjacent to an activating group) is 1. The molecular weight excluding hydrogens is 406 g/mol. The number of amides is 2. The number of sulfonamides is 1. The molecule has 30 heavy (non-hydrogen) atoms. The average Bonchev–Trinajstić information content (AvgIpc) is 2.94. The average molecular weight is 438 g/mol. The highest BCUT2D eigenvalue weighted by Gasteiger charge is 2.19. The van der Waals surface area contributed by atoms with Crippen molar-refractivity contribution in [2.75, 3.05) is 13.6 Å². The number of nitrogens with two attached hydrogens (primary N) is 1. The van der Waals surface area contributed by atoms with Crippen molar-refractivity contribution in [3.63, 3.8) is 0 Å². The zero-order valence-electron chi connectivity index (χ0n) is 18.2. The number of rotatable bonds is 8. The van der Waals surface area contributed by atoms with Gasteiger partial charge in [-0.3, -0.25) is 9.59 Å². The first-order valence-electron chi connectivity index (χ1n) is 9.88. The minimum absolute atomic E-state index is 0.00312. The van der Waals surface area contributed by atoms with Gasteiger partial charge < -0.3 is 14.8 Å². The van der Waals surface area contributed by atoms with Gasteiger partial charge in [-0.05, 0) is 45.4 Å². The number of carbonyl (C=O) groups is 2. The largest absolute Gasteiger partial charge is 0.350 e. The second-order valence-electron chi connectivity index (χ2n) is 8.42. The second-order valence-corrected chi connectivity index (χ2v) is 9.98. The lowest BCUT2D eigenvalue weighted by Crippen LogP contribution is -2.46. The minimum Gasteiger partial charge on any atom is -0.350 e. The number of hydrogen-bond donors (Lipinski definition) is 2. The van der Waals surface area contributed by atoms with Crippen LogP contribution in [-0.2, 0) is 32.6 Å². The van der Waals surface area contributed by atoms with Crippen LogP contribution in [0, 0.1) is 0 Å². The van der Waals surface area contributed by atoms with Gasteiger partial charge in [-0.1, -0.05) is 6.92 Å². The Labute approximate surface area is 177 Å². The standard InChI is InChI=1S/C20H31N5O4S/c1-6-11-25-16-8-7-14(30(21,28)29)12-15(16)22-17(25)9-10-19(27)24(5)13-18(26)23-20(2,3)4/h7-8,12H,6,9-11,13H2,1-5H3,(H,23,26)(H2,21,28,29). The summed E-state index contributed by atoms with van der Waals surface area (Å²) < 4.78 is 25.2. The molecule has 0 aliphatic heterocycles. The van der Waals surface area contributed by atoms with Crippen molar-refractivity contribution in [1.29, 1.82) is 0 Å². The number of nitrogens with zero attached hydrogens (tertiary/aromatic N) is 3. The van der Waals surface area contributed by atoms with Gasteiger partial charge in [0.05, 0.1) is 22.5 Å². The number of imidazole rings is 1. The molecular formula is C20H31N5O4S. The van der Waals surface area contributed by atoms with E-state index in [0.29, 0.717) is 24.3 Å². The van der Waals surface area contributed by atoms with Gasteiger partial charge >= 0.3 is 0 Å². The minimum atomic E-state index is -3.82. The summed E-state index contributed by atoms with van der Waals surface area (Å²) in [5.74, 6) is 0.311. The van der Waals surface area contributed by atoms with Gasteiger partial charge in [0.1, 0.15) is 5.82 Å². The van der Waals surface area contributed by atoms with Crippen LogP contribution in [0.1, 0.15) is 46.4 Å². The van der Waals surface area contributed by atoms with Crippen LogP contribution in [0.5, 0.6) is 0 Å². The fraction of sp³-hybridized carbons (Fsp3) is 0.550. The molecule has 9 nitrogen and oxygen atoms in total. The topological polar surface area (TPSA) is 127 Å². The van der Waals surface area contributed by atoms with Crippen molar-refractivity contribution in [3.8, 4) is 0 Å². The second kappa shape index (κ2) is 9.13. The predicted molar refractivity (Wildman–Crippen MR) is 115 cm³/mol. The van der Waals surface area contributed by atoms with Crippen LogP contribution >= 0.6 is 0 Å². The Morgan fingerprint density at radius 2 is 1.93 bits per heavy atom. The summed E-state index contributed by atoms with van der Waals surface area (Å²) in [5, 5.41) is 8.05. The molecule has 0 radical (unpaired) electrons. The molecule has 10 heteroatoms. The van der Waals surface area contributed by atoms with Crippen LogP contribution in [0.15, 0.2) is 23.1 Å². The first kappa shape index (κ1) is 23.8. The molecule has 1 heterocycles. The SMILES string of the molecule is CCCn1c(CCC(=O)N(C)CC(=O)NC(C)(C)C)nc2cc(S(N)(=O)=O)ccc21. The van der Waals surface area contributed by atoms with Crippen LogP contribution in [-0.4, -0.2) is 53.8 Å². The number of carbonyl (C=O) groups excluding carboxylic acids is 2. The molecule has 1 aromatic heterocycles. The van der Waals surface area contributed by atoms with E-state index in [2.05, 4.69) is 10.3 Å². The lowest BCUT2D eigenvalue weighted by Gasteiger charge is -2.23. The summed E-state index contributed by atoms with van der Waals surface area (Å²) in [7, 11) is -2.22. The molecule has 0 unspecified atom stereocenters. The summed E-state index contributed by atoms with van der Waals surface area (Å²) in [6, 6.07) is 4.60. The summed E-state index contributed by atoms with van der Waals surface area (Å²) in [6.07, 6.45) is 1.42. The number of primary sulfonamides is 1. The number of aromatic nitrogens is 2. The van der Waals surface area contributed by atoms with E-state index in [-0.39, 0.29) is 35.2 Å². The van der Waals surface area contributed by atoms with Crippen molar-refractivity contribution >= 4 is 32.9 Å². The lowest BCUT2D eigenvalue weighted by atomic mass is 10.1. The quantitative estimate of drug-likeness (QED) is 0.645. The van der Waals surface area contributed by atoms with Gasteiger partial charge in [-0.2, -0.15) is 0 Å². The molecule has 1 aromatic carbocycles. The Morgan fingerprint density at radius 3 is 2.50 bits per heavy atom.